The lowest BCUT2D eigenvalue weighted by molar-refractivity contribution is 0.660. The number of aryl methyl sites for hydroxylation is 2. The number of hydrogen-bond acceptors (Lipinski definition) is 3. The van der Waals surface area contributed by atoms with Gasteiger partial charge in [0.1, 0.15) is 0 Å². The Morgan fingerprint density at radius 3 is 2.01 bits per heavy atom. The molecule has 3 heterocycles. The third-order valence-electron chi connectivity index (χ3n) is 15.4. The predicted octanol–water partition coefficient (Wildman–Crippen LogP) is 18.5. The van der Waals surface area contributed by atoms with Gasteiger partial charge in [0.05, 0.1) is 5.52 Å². The second-order valence-electron chi connectivity index (χ2n) is 19.3. The molecule has 10 aromatic carbocycles. The Kier molecular flexibility index (Phi) is 7.62. The van der Waals surface area contributed by atoms with Crippen molar-refractivity contribution in [2.75, 3.05) is 4.90 Å². The van der Waals surface area contributed by atoms with Crippen LogP contribution in [0.5, 0.6) is 0 Å². The largest absolute Gasteiger partial charge is 0.354 e. The number of aromatic amines is 1. The molecular weight excluding hydrogens is 849 g/mol. The molecule has 0 unspecified atom stereocenters. The number of anilines is 3. The highest BCUT2D eigenvalue weighted by Crippen LogP contribution is 2.52. The standard InChI is InChI=1S/C63H42N2S2/c1-4-35-15-23-46-47-26-22-45(33-52(47)63(2,3)51(46)27-35)65(44-21-18-36-16-17-40(36)30-44)43-12-8-11-39(29-43)37-9-7-10-38(28-37)41-19-24-49-55(31-41)67-57-34-53-60-50(59(49)57)25-20-42-32-56-61(62(64-53)58(42)60)48-13-5-6-14-54(48)66-56/h4-15,18-34,64H,1,16-17H2,2-3H3. The summed E-state index contributed by atoms with van der Waals surface area (Å²) in [6.07, 6.45) is 4.26. The molecular formula is C63H42N2S2. The molecule has 15 rings (SSSR count). The van der Waals surface area contributed by atoms with Gasteiger partial charge in [0.15, 0.2) is 0 Å². The van der Waals surface area contributed by atoms with Gasteiger partial charge in [-0.1, -0.05) is 130 Å². The van der Waals surface area contributed by atoms with Crippen molar-refractivity contribution in [2.24, 2.45) is 0 Å². The minimum Gasteiger partial charge on any atom is -0.354 e. The minimum absolute atomic E-state index is 0.137. The molecule has 1 N–H and O–H groups in total. The van der Waals surface area contributed by atoms with Gasteiger partial charge in [-0.3, -0.25) is 0 Å². The summed E-state index contributed by atoms with van der Waals surface area (Å²) in [4.78, 5) is 6.41. The van der Waals surface area contributed by atoms with E-state index in [1.54, 1.807) is 0 Å². The molecule has 4 heteroatoms. The molecule has 0 saturated heterocycles. The Morgan fingerprint density at radius 2 is 1.18 bits per heavy atom. The summed E-state index contributed by atoms with van der Waals surface area (Å²) in [5, 5.41) is 10.7. The van der Waals surface area contributed by atoms with Gasteiger partial charge >= 0.3 is 0 Å². The molecule has 3 aromatic heterocycles. The van der Waals surface area contributed by atoms with Crippen LogP contribution in [0.15, 0.2) is 176 Å². The second-order valence-corrected chi connectivity index (χ2v) is 21.5. The van der Waals surface area contributed by atoms with Gasteiger partial charge in [0.25, 0.3) is 0 Å². The van der Waals surface area contributed by atoms with Crippen LogP contribution in [0.25, 0.3) is 112 Å². The summed E-state index contributed by atoms with van der Waals surface area (Å²) in [6, 6.07) is 64.6. The third-order valence-corrected chi connectivity index (χ3v) is 17.6. The van der Waals surface area contributed by atoms with Gasteiger partial charge in [-0.05, 0) is 152 Å². The van der Waals surface area contributed by atoms with Crippen LogP contribution in [-0.2, 0) is 18.3 Å². The Balaban J connectivity index is 0.816. The van der Waals surface area contributed by atoms with Crippen LogP contribution in [0, 0.1) is 0 Å². The number of thiophene rings is 2. The Labute approximate surface area is 396 Å². The van der Waals surface area contributed by atoms with Crippen molar-refractivity contribution in [2.45, 2.75) is 32.1 Å². The summed E-state index contributed by atoms with van der Waals surface area (Å²) >= 11 is 3.80. The molecule has 0 spiro atoms. The third kappa shape index (κ3) is 5.31. The molecule has 0 saturated carbocycles. The molecule has 2 aliphatic carbocycles. The quantitative estimate of drug-likeness (QED) is 0.165. The molecule has 0 radical (unpaired) electrons. The first-order valence-electron chi connectivity index (χ1n) is 23.4. The summed E-state index contributed by atoms with van der Waals surface area (Å²) in [7, 11) is 0. The van der Waals surface area contributed by atoms with Gasteiger partial charge in [0.2, 0.25) is 0 Å². The van der Waals surface area contributed by atoms with Crippen molar-refractivity contribution < 1.29 is 0 Å². The second kappa shape index (κ2) is 13.5. The minimum atomic E-state index is -0.137. The van der Waals surface area contributed by atoms with Crippen LogP contribution in [0.1, 0.15) is 41.7 Å². The van der Waals surface area contributed by atoms with E-state index < -0.39 is 0 Å². The maximum absolute atomic E-state index is 4.06. The Bertz CT molecular complexity index is 4290. The number of nitrogens with one attached hydrogen (secondary N) is 1. The Morgan fingerprint density at radius 1 is 0.493 bits per heavy atom. The first-order chi connectivity index (χ1) is 32.9. The fourth-order valence-corrected chi connectivity index (χ4v) is 14.3. The monoisotopic (exact) mass is 890 g/mol. The zero-order chi connectivity index (χ0) is 44.3. The lowest BCUT2D eigenvalue weighted by Crippen LogP contribution is -2.17. The van der Waals surface area contributed by atoms with Gasteiger partial charge in [0, 0.05) is 79.1 Å². The molecule has 2 nitrogen and oxygen atoms in total. The van der Waals surface area contributed by atoms with E-state index in [9.17, 15) is 0 Å². The summed E-state index contributed by atoms with van der Waals surface area (Å²) < 4.78 is 5.32. The van der Waals surface area contributed by atoms with Crippen molar-refractivity contribution in [3.05, 3.63) is 204 Å². The van der Waals surface area contributed by atoms with Crippen molar-refractivity contribution in [3.8, 4) is 33.4 Å². The molecule has 316 valence electrons. The highest BCUT2D eigenvalue weighted by molar-refractivity contribution is 7.26. The number of benzene rings is 10. The molecule has 0 atom stereocenters. The SMILES string of the molecule is C=Cc1ccc2c(c1)C(C)(C)c1cc(N(c3cccc(-c4cccc(-c5ccc6c(c5)sc5cc7[nH]c8c9c(cc%10ccc(c56)c7c%108)sc5ccccc59)c4)c3)c3ccc4c(c3)CC4)ccc1-2. The average molecular weight is 891 g/mol. The van der Waals surface area contributed by atoms with Crippen LogP contribution in [0.4, 0.5) is 17.1 Å². The van der Waals surface area contributed by atoms with Gasteiger partial charge in [-0.25, -0.2) is 0 Å². The fraction of sp³-hybridized carbons (Fsp3) is 0.0794. The van der Waals surface area contributed by atoms with E-state index in [4.69, 9.17) is 0 Å². The average Bonchev–Trinajstić information content (AvgIpc) is 4.09. The number of aromatic nitrogens is 1. The fourth-order valence-electron chi connectivity index (χ4n) is 11.9. The number of rotatable bonds is 6. The number of hydrogen-bond donors (Lipinski definition) is 1. The smallest absolute Gasteiger partial charge is 0.0565 e. The highest BCUT2D eigenvalue weighted by atomic mass is 32.1. The molecule has 2 aliphatic rings. The molecule has 13 aromatic rings. The van der Waals surface area contributed by atoms with Crippen LogP contribution >= 0.6 is 22.7 Å². The molecule has 0 fully saturated rings. The number of fused-ring (bicyclic) bond motifs is 12. The topological polar surface area (TPSA) is 19.0 Å². The number of H-pyrrole nitrogens is 1. The zero-order valence-electron chi connectivity index (χ0n) is 37.1. The first kappa shape index (κ1) is 37.7. The normalized spacial score (nSPS) is 13.9. The lowest BCUT2D eigenvalue weighted by atomic mass is 9.81. The van der Waals surface area contributed by atoms with Gasteiger partial charge < -0.3 is 9.88 Å². The molecule has 0 aliphatic heterocycles. The van der Waals surface area contributed by atoms with Crippen LogP contribution in [0.2, 0.25) is 0 Å². The maximum atomic E-state index is 4.06. The van der Waals surface area contributed by atoms with E-state index in [1.807, 2.05) is 28.7 Å². The van der Waals surface area contributed by atoms with E-state index in [0.717, 1.165) is 17.7 Å². The van der Waals surface area contributed by atoms with E-state index in [1.165, 1.54) is 146 Å². The van der Waals surface area contributed by atoms with E-state index in [0.29, 0.717) is 0 Å². The lowest BCUT2D eigenvalue weighted by Gasteiger charge is -2.30. The van der Waals surface area contributed by atoms with Crippen molar-refractivity contribution in [3.63, 3.8) is 0 Å². The zero-order valence-corrected chi connectivity index (χ0v) is 38.8. The summed E-state index contributed by atoms with van der Waals surface area (Å²) in [5.41, 5.74) is 20.2. The van der Waals surface area contributed by atoms with Crippen molar-refractivity contribution >= 4 is 119 Å². The van der Waals surface area contributed by atoms with Crippen LogP contribution < -0.4 is 4.90 Å². The first-order valence-corrected chi connectivity index (χ1v) is 25.0. The van der Waals surface area contributed by atoms with E-state index in [2.05, 4.69) is 200 Å². The predicted molar refractivity (Wildman–Crippen MR) is 291 cm³/mol. The maximum Gasteiger partial charge on any atom is 0.0565 e. The molecule has 67 heavy (non-hydrogen) atoms. The molecule has 0 amide bonds. The van der Waals surface area contributed by atoms with Crippen LogP contribution in [0.3, 0.4) is 0 Å². The van der Waals surface area contributed by atoms with Crippen molar-refractivity contribution in [1.82, 2.24) is 4.98 Å². The van der Waals surface area contributed by atoms with E-state index >= 15 is 0 Å². The van der Waals surface area contributed by atoms with Crippen molar-refractivity contribution in [1.29, 1.82) is 0 Å². The highest BCUT2D eigenvalue weighted by Gasteiger charge is 2.36. The Hall–Kier alpha value is -7.50. The van der Waals surface area contributed by atoms with Gasteiger partial charge in [-0.15, -0.1) is 22.7 Å². The summed E-state index contributed by atoms with van der Waals surface area (Å²) in [6.45, 7) is 8.79. The van der Waals surface area contributed by atoms with E-state index in [-0.39, 0.29) is 5.41 Å². The van der Waals surface area contributed by atoms with Gasteiger partial charge in [-0.2, -0.15) is 0 Å². The number of nitrogens with zero attached hydrogens (tertiary/aromatic N) is 1. The molecule has 0 bridgehead atoms. The summed E-state index contributed by atoms with van der Waals surface area (Å²) in [5.74, 6) is 0. The van der Waals surface area contributed by atoms with Crippen LogP contribution in [-0.4, -0.2) is 4.98 Å².